The van der Waals surface area contributed by atoms with Crippen molar-refractivity contribution in [3.63, 3.8) is 0 Å². The molecule has 3 aromatic rings. The SMILES string of the molecule is CC.CC.CC(C)c1nc(-c2nccs2)c2sccc2n1. The van der Waals surface area contributed by atoms with E-state index in [1.165, 1.54) is 0 Å². The van der Waals surface area contributed by atoms with Crippen LogP contribution in [0.3, 0.4) is 0 Å². The van der Waals surface area contributed by atoms with Crippen molar-refractivity contribution in [1.29, 1.82) is 0 Å². The first-order valence-corrected chi connectivity index (χ1v) is 9.16. The monoisotopic (exact) mass is 321 g/mol. The highest BCUT2D eigenvalue weighted by Crippen LogP contribution is 2.32. The van der Waals surface area contributed by atoms with E-state index in [4.69, 9.17) is 0 Å². The fourth-order valence-corrected chi connectivity index (χ4v) is 3.14. The second kappa shape index (κ2) is 8.85. The highest BCUT2D eigenvalue weighted by molar-refractivity contribution is 7.18. The molecule has 0 saturated heterocycles. The predicted octanol–water partition coefficient (Wildman–Crippen LogP) is 5.99. The van der Waals surface area contributed by atoms with Gasteiger partial charge in [0, 0.05) is 17.5 Å². The van der Waals surface area contributed by atoms with Crippen LogP contribution in [-0.4, -0.2) is 15.0 Å². The maximum absolute atomic E-state index is 4.66. The molecule has 0 aliphatic rings. The van der Waals surface area contributed by atoms with Crippen LogP contribution in [-0.2, 0) is 0 Å². The Morgan fingerprint density at radius 3 is 2.24 bits per heavy atom. The van der Waals surface area contributed by atoms with Gasteiger partial charge in [-0.2, -0.15) is 0 Å². The van der Waals surface area contributed by atoms with Gasteiger partial charge in [-0.15, -0.1) is 22.7 Å². The summed E-state index contributed by atoms with van der Waals surface area (Å²) in [6.45, 7) is 12.2. The fourth-order valence-electron chi connectivity index (χ4n) is 1.63. The number of rotatable bonds is 2. The van der Waals surface area contributed by atoms with Gasteiger partial charge in [-0.3, -0.25) is 0 Å². The molecule has 3 nitrogen and oxygen atoms in total. The lowest BCUT2D eigenvalue weighted by Crippen LogP contribution is -1.98. The second-order valence-corrected chi connectivity index (χ2v) is 5.87. The van der Waals surface area contributed by atoms with Crippen molar-refractivity contribution in [2.45, 2.75) is 47.5 Å². The average molecular weight is 322 g/mol. The fraction of sp³-hybridized carbons (Fsp3) is 0.438. The Balaban J connectivity index is 0.000000510. The Morgan fingerprint density at radius 1 is 0.952 bits per heavy atom. The van der Waals surface area contributed by atoms with E-state index in [0.29, 0.717) is 5.92 Å². The lowest BCUT2D eigenvalue weighted by atomic mass is 10.2. The highest BCUT2D eigenvalue weighted by Gasteiger charge is 2.14. The zero-order valence-electron chi connectivity index (χ0n) is 13.5. The van der Waals surface area contributed by atoms with E-state index in [1.54, 1.807) is 22.7 Å². The predicted molar refractivity (Wildman–Crippen MR) is 95.3 cm³/mol. The quantitative estimate of drug-likeness (QED) is 0.582. The molecule has 5 heteroatoms. The van der Waals surface area contributed by atoms with E-state index in [2.05, 4.69) is 34.2 Å². The molecule has 3 rings (SSSR count). The molecule has 3 aromatic heterocycles. The standard InChI is InChI=1S/C12H11N3S2.2C2H6/c1-7(2)11-14-8-3-5-16-10(8)9(15-11)12-13-4-6-17-12;2*1-2/h3-7H,1-2H3;2*1-2H3. The molecule has 0 aliphatic heterocycles. The summed E-state index contributed by atoms with van der Waals surface area (Å²) in [5, 5.41) is 5.01. The van der Waals surface area contributed by atoms with Gasteiger partial charge in [0.2, 0.25) is 0 Å². The average Bonchev–Trinajstić information content (AvgIpc) is 3.21. The third-order valence-electron chi connectivity index (χ3n) is 2.47. The largest absolute Gasteiger partial charge is 0.243 e. The van der Waals surface area contributed by atoms with E-state index in [0.717, 1.165) is 26.7 Å². The molecular weight excluding hydrogens is 298 g/mol. The number of hydrogen-bond donors (Lipinski definition) is 0. The Hall–Kier alpha value is -1.33. The topological polar surface area (TPSA) is 38.7 Å². The molecule has 3 heterocycles. The van der Waals surface area contributed by atoms with Gasteiger partial charge in [0.15, 0.2) is 0 Å². The van der Waals surface area contributed by atoms with Crippen LogP contribution >= 0.6 is 22.7 Å². The first kappa shape index (κ1) is 17.7. The Labute approximate surface area is 135 Å². The number of aromatic nitrogens is 3. The Kier molecular flexibility index (Phi) is 7.47. The summed E-state index contributed by atoms with van der Waals surface area (Å²) in [6.07, 6.45) is 1.82. The second-order valence-electron chi connectivity index (χ2n) is 4.06. The number of thiophene rings is 1. The molecule has 0 radical (unpaired) electrons. The minimum atomic E-state index is 0.331. The van der Waals surface area contributed by atoms with Crippen LogP contribution in [0.4, 0.5) is 0 Å². The maximum atomic E-state index is 4.66. The maximum Gasteiger partial charge on any atom is 0.143 e. The third kappa shape index (κ3) is 4.08. The summed E-state index contributed by atoms with van der Waals surface area (Å²) < 4.78 is 1.13. The van der Waals surface area contributed by atoms with E-state index in [9.17, 15) is 0 Å². The van der Waals surface area contributed by atoms with Crippen LogP contribution in [0.1, 0.15) is 53.3 Å². The number of thiazole rings is 1. The molecule has 114 valence electrons. The molecule has 0 bridgehead atoms. The van der Waals surface area contributed by atoms with E-state index in [1.807, 2.05) is 45.3 Å². The first-order valence-electron chi connectivity index (χ1n) is 7.40. The van der Waals surface area contributed by atoms with Crippen LogP contribution in [0.15, 0.2) is 23.0 Å². The molecule has 0 amide bonds. The Bertz CT molecular complexity index is 643. The van der Waals surface area contributed by atoms with Crippen LogP contribution in [0.2, 0.25) is 0 Å². The zero-order valence-corrected chi connectivity index (χ0v) is 15.2. The summed E-state index contributed by atoms with van der Waals surface area (Å²) in [4.78, 5) is 13.6. The van der Waals surface area contributed by atoms with Crippen LogP contribution in [0.25, 0.3) is 20.9 Å². The van der Waals surface area contributed by atoms with Crippen molar-refractivity contribution in [2.75, 3.05) is 0 Å². The molecular formula is C16H23N3S2. The van der Waals surface area contributed by atoms with Gasteiger partial charge in [0.25, 0.3) is 0 Å². The molecule has 0 unspecified atom stereocenters. The van der Waals surface area contributed by atoms with Gasteiger partial charge in [0.05, 0.1) is 10.2 Å². The zero-order chi connectivity index (χ0) is 15.8. The van der Waals surface area contributed by atoms with Crippen molar-refractivity contribution in [3.05, 3.63) is 28.8 Å². The molecule has 0 fully saturated rings. The molecule has 0 aliphatic carbocycles. The lowest BCUT2D eigenvalue weighted by Gasteiger charge is -2.06. The first-order chi connectivity index (χ1) is 10.3. The van der Waals surface area contributed by atoms with Crippen molar-refractivity contribution >= 4 is 32.9 Å². The van der Waals surface area contributed by atoms with Gasteiger partial charge < -0.3 is 0 Å². The van der Waals surface area contributed by atoms with Crippen molar-refractivity contribution in [1.82, 2.24) is 15.0 Å². The van der Waals surface area contributed by atoms with Crippen molar-refractivity contribution in [2.24, 2.45) is 0 Å². The van der Waals surface area contributed by atoms with Crippen LogP contribution < -0.4 is 0 Å². The molecule has 21 heavy (non-hydrogen) atoms. The summed E-state index contributed by atoms with van der Waals surface area (Å²) in [5.41, 5.74) is 2.00. The van der Waals surface area contributed by atoms with Crippen LogP contribution in [0.5, 0.6) is 0 Å². The van der Waals surface area contributed by atoms with Gasteiger partial charge in [-0.05, 0) is 11.4 Å². The molecule has 0 spiro atoms. The smallest absolute Gasteiger partial charge is 0.143 e. The van der Waals surface area contributed by atoms with Crippen LogP contribution in [0, 0.1) is 0 Å². The van der Waals surface area contributed by atoms with Gasteiger partial charge in [0.1, 0.15) is 16.5 Å². The number of fused-ring (bicyclic) bond motifs is 1. The van der Waals surface area contributed by atoms with Crippen molar-refractivity contribution in [3.8, 4) is 10.7 Å². The Morgan fingerprint density at radius 2 is 1.67 bits per heavy atom. The van der Waals surface area contributed by atoms with Gasteiger partial charge in [-0.1, -0.05) is 41.5 Å². The number of nitrogens with zero attached hydrogens (tertiary/aromatic N) is 3. The minimum absolute atomic E-state index is 0.331. The summed E-state index contributed by atoms with van der Waals surface area (Å²) in [6, 6.07) is 2.05. The van der Waals surface area contributed by atoms with E-state index < -0.39 is 0 Å². The molecule has 0 aromatic carbocycles. The minimum Gasteiger partial charge on any atom is -0.243 e. The highest BCUT2D eigenvalue weighted by atomic mass is 32.1. The van der Waals surface area contributed by atoms with E-state index >= 15 is 0 Å². The summed E-state index contributed by atoms with van der Waals surface area (Å²) in [5.74, 6) is 1.22. The molecule has 0 saturated carbocycles. The van der Waals surface area contributed by atoms with Gasteiger partial charge in [-0.25, -0.2) is 15.0 Å². The summed E-state index contributed by atoms with van der Waals surface area (Å²) in [7, 11) is 0. The number of hydrogen-bond acceptors (Lipinski definition) is 5. The lowest BCUT2D eigenvalue weighted by molar-refractivity contribution is 0.785. The molecule has 0 N–H and O–H groups in total. The molecule has 0 atom stereocenters. The van der Waals surface area contributed by atoms with Crippen molar-refractivity contribution < 1.29 is 0 Å². The third-order valence-corrected chi connectivity index (χ3v) is 4.16. The summed E-state index contributed by atoms with van der Waals surface area (Å²) >= 11 is 3.29. The normalized spacial score (nSPS) is 9.86. The van der Waals surface area contributed by atoms with E-state index in [-0.39, 0.29) is 0 Å². The van der Waals surface area contributed by atoms with Gasteiger partial charge >= 0.3 is 0 Å².